The van der Waals surface area contributed by atoms with Gasteiger partial charge in [-0.2, -0.15) is 0 Å². The molecule has 0 spiro atoms. The number of ether oxygens (including phenoxy) is 1. The Kier molecular flexibility index (Phi) is 6.24. The Morgan fingerprint density at radius 2 is 1.96 bits per heavy atom. The summed E-state index contributed by atoms with van der Waals surface area (Å²) >= 11 is 0. The van der Waals surface area contributed by atoms with E-state index in [1.54, 1.807) is 0 Å². The van der Waals surface area contributed by atoms with Gasteiger partial charge in [0, 0.05) is 45.9 Å². The topological polar surface area (TPSA) is 44.8 Å². The molecule has 2 fully saturated rings. The van der Waals surface area contributed by atoms with Crippen LogP contribution in [-0.2, 0) is 16.1 Å². The second-order valence-corrected chi connectivity index (χ2v) is 6.91. The lowest BCUT2D eigenvalue weighted by Gasteiger charge is -2.35. The molecule has 0 saturated carbocycles. The zero-order valence-electron chi connectivity index (χ0n) is 14.7. The van der Waals surface area contributed by atoms with Crippen molar-refractivity contribution in [2.45, 2.75) is 32.4 Å². The van der Waals surface area contributed by atoms with Crippen LogP contribution in [0.4, 0.5) is 0 Å². The second kappa shape index (κ2) is 8.60. The van der Waals surface area contributed by atoms with Crippen molar-refractivity contribution in [2.75, 3.05) is 45.9 Å². The van der Waals surface area contributed by atoms with E-state index in [-0.39, 0.29) is 5.91 Å². The fraction of sp³-hybridized carbons (Fsp3) is 0.632. The number of hydrogen-bond acceptors (Lipinski definition) is 4. The van der Waals surface area contributed by atoms with Crippen molar-refractivity contribution >= 4 is 5.91 Å². The van der Waals surface area contributed by atoms with Gasteiger partial charge in [-0.3, -0.25) is 14.6 Å². The van der Waals surface area contributed by atoms with Crippen molar-refractivity contribution in [1.82, 2.24) is 15.1 Å². The number of benzene rings is 1. The van der Waals surface area contributed by atoms with Crippen molar-refractivity contribution < 1.29 is 9.53 Å². The minimum atomic E-state index is 0.117. The van der Waals surface area contributed by atoms with Crippen LogP contribution in [-0.4, -0.2) is 67.7 Å². The number of carbonyl (C=O) groups excluding carboxylic acids is 1. The fourth-order valence-electron chi connectivity index (χ4n) is 3.47. The van der Waals surface area contributed by atoms with Gasteiger partial charge in [0.05, 0.1) is 12.6 Å². The molecule has 5 heteroatoms. The van der Waals surface area contributed by atoms with Crippen LogP contribution in [0, 0.1) is 6.92 Å². The van der Waals surface area contributed by atoms with Crippen molar-refractivity contribution in [3.8, 4) is 0 Å². The maximum absolute atomic E-state index is 12.2. The number of aryl methyl sites for hydroxylation is 1. The Balaban J connectivity index is 1.35. The predicted molar refractivity (Wildman–Crippen MR) is 94.9 cm³/mol. The quantitative estimate of drug-likeness (QED) is 0.856. The first-order chi connectivity index (χ1) is 11.7. The van der Waals surface area contributed by atoms with Gasteiger partial charge in [-0.25, -0.2) is 0 Å². The molecule has 0 bridgehead atoms. The third kappa shape index (κ3) is 5.03. The van der Waals surface area contributed by atoms with Gasteiger partial charge in [-0.15, -0.1) is 0 Å². The Hall–Kier alpha value is -1.43. The van der Waals surface area contributed by atoms with Crippen LogP contribution >= 0.6 is 0 Å². The maximum atomic E-state index is 12.2. The summed E-state index contributed by atoms with van der Waals surface area (Å²) in [4.78, 5) is 16.9. The number of carbonyl (C=O) groups is 1. The third-order valence-corrected chi connectivity index (χ3v) is 5.06. The number of piperazine rings is 1. The molecule has 1 unspecified atom stereocenters. The normalized spacial score (nSPS) is 22.6. The van der Waals surface area contributed by atoms with Crippen LogP contribution in [0.5, 0.6) is 0 Å². The highest BCUT2D eigenvalue weighted by Crippen LogP contribution is 2.14. The standard InChI is InChI=1S/C19H29N3O2/c1-16-5-2-3-6-17(16)13-20-19(23)15-22-10-8-21(9-11-22)14-18-7-4-12-24-18/h2-3,5-6,18H,4,7-15H2,1H3,(H,20,23). The first kappa shape index (κ1) is 17.4. The smallest absolute Gasteiger partial charge is 0.234 e. The summed E-state index contributed by atoms with van der Waals surface area (Å²) in [6, 6.07) is 8.19. The summed E-state index contributed by atoms with van der Waals surface area (Å²) in [5, 5.41) is 3.04. The van der Waals surface area contributed by atoms with Crippen molar-refractivity contribution in [2.24, 2.45) is 0 Å². The molecular weight excluding hydrogens is 302 g/mol. The maximum Gasteiger partial charge on any atom is 0.234 e. The zero-order valence-corrected chi connectivity index (χ0v) is 14.7. The Morgan fingerprint density at radius 3 is 2.67 bits per heavy atom. The highest BCUT2D eigenvalue weighted by molar-refractivity contribution is 5.78. The van der Waals surface area contributed by atoms with Crippen molar-refractivity contribution in [3.05, 3.63) is 35.4 Å². The average molecular weight is 331 g/mol. The molecule has 0 aliphatic carbocycles. The lowest BCUT2D eigenvalue weighted by molar-refractivity contribution is -0.122. The number of amides is 1. The minimum absolute atomic E-state index is 0.117. The van der Waals surface area contributed by atoms with E-state index in [9.17, 15) is 4.79 Å². The summed E-state index contributed by atoms with van der Waals surface area (Å²) in [6.07, 6.45) is 2.82. The van der Waals surface area contributed by atoms with E-state index >= 15 is 0 Å². The van der Waals surface area contributed by atoms with Crippen LogP contribution in [0.15, 0.2) is 24.3 Å². The molecule has 2 aliphatic rings. The molecule has 1 N–H and O–H groups in total. The van der Waals surface area contributed by atoms with Crippen molar-refractivity contribution in [3.63, 3.8) is 0 Å². The molecule has 0 radical (unpaired) electrons. The van der Waals surface area contributed by atoms with Crippen LogP contribution in [0.3, 0.4) is 0 Å². The number of hydrogen-bond donors (Lipinski definition) is 1. The van der Waals surface area contributed by atoms with E-state index in [0.29, 0.717) is 19.2 Å². The first-order valence-electron chi connectivity index (χ1n) is 9.08. The second-order valence-electron chi connectivity index (χ2n) is 6.91. The van der Waals surface area contributed by atoms with E-state index in [0.717, 1.165) is 39.3 Å². The molecule has 24 heavy (non-hydrogen) atoms. The van der Waals surface area contributed by atoms with Gasteiger partial charge in [0.1, 0.15) is 0 Å². The van der Waals surface area contributed by atoms with E-state index in [2.05, 4.69) is 34.2 Å². The van der Waals surface area contributed by atoms with Gasteiger partial charge in [0.15, 0.2) is 0 Å². The summed E-state index contributed by atoms with van der Waals surface area (Å²) in [7, 11) is 0. The molecule has 3 rings (SSSR count). The fourth-order valence-corrected chi connectivity index (χ4v) is 3.47. The third-order valence-electron chi connectivity index (χ3n) is 5.06. The zero-order chi connectivity index (χ0) is 16.8. The van der Waals surface area contributed by atoms with Crippen LogP contribution in [0.2, 0.25) is 0 Å². The lowest BCUT2D eigenvalue weighted by atomic mass is 10.1. The molecule has 2 saturated heterocycles. The SMILES string of the molecule is Cc1ccccc1CNC(=O)CN1CCN(CC2CCCO2)CC1. The number of nitrogens with zero attached hydrogens (tertiary/aromatic N) is 2. The number of nitrogens with one attached hydrogen (secondary N) is 1. The molecule has 1 amide bonds. The van der Waals surface area contributed by atoms with Crippen LogP contribution < -0.4 is 5.32 Å². The summed E-state index contributed by atoms with van der Waals surface area (Å²) in [5.74, 6) is 0.117. The van der Waals surface area contributed by atoms with Crippen LogP contribution in [0.25, 0.3) is 0 Å². The molecule has 132 valence electrons. The van der Waals surface area contributed by atoms with Gasteiger partial charge in [0.25, 0.3) is 0 Å². The predicted octanol–water partition coefficient (Wildman–Crippen LogP) is 1.41. The molecule has 2 aliphatic heterocycles. The first-order valence-corrected chi connectivity index (χ1v) is 9.08. The molecule has 1 atom stereocenters. The van der Waals surface area contributed by atoms with E-state index in [1.807, 2.05) is 12.1 Å². The van der Waals surface area contributed by atoms with E-state index in [4.69, 9.17) is 4.74 Å². The van der Waals surface area contributed by atoms with Gasteiger partial charge in [-0.1, -0.05) is 24.3 Å². The van der Waals surface area contributed by atoms with Crippen LogP contribution in [0.1, 0.15) is 24.0 Å². The average Bonchev–Trinajstić information content (AvgIpc) is 3.09. The lowest BCUT2D eigenvalue weighted by Crippen LogP contribution is -2.50. The van der Waals surface area contributed by atoms with E-state index in [1.165, 1.54) is 24.0 Å². The summed E-state index contributed by atoms with van der Waals surface area (Å²) in [6.45, 7) is 9.16. The minimum Gasteiger partial charge on any atom is -0.377 e. The van der Waals surface area contributed by atoms with Gasteiger partial charge in [0.2, 0.25) is 5.91 Å². The van der Waals surface area contributed by atoms with Crippen molar-refractivity contribution in [1.29, 1.82) is 0 Å². The van der Waals surface area contributed by atoms with Gasteiger partial charge < -0.3 is 10.1 Å². The monoisotopic (exact) mass is 331 g/mol. The highest BCUT2D eigenvalue weighted by Gasteiger charge is 2.23. The van der Waals surface area contributed by atoms with Gasteiger partial charge in [-0.05, 0) is 30.9 Å². The summed E-state index contributed by atoms with van der Waals surface area (Å²) in [5.41, 5.74) is 2.41. The Labute approximate surface area is 145 Å². The molecule has 5 nitrogen and oxygen atoms in total. The molecule has 1 aromatic carbocycles. The largest absolute Gasteiger partial charge is 0.377 e. The summed E-state index contributed by atoms with van der Waals surface area (Å²) < 4.78 is 5.71. The van der Waals surface area contributed by atoms with E-state index < -0.39 is 0 Å². The number of rotatable bonds is 6. The Bertz CT molecular complexity index is 535. The molecular formula is C19H29N3O2. The molecule has 1 aromatic rings. The molecule has 0 aromatic heterocycles. The van der Waals surface area contributed by atoms with Gasteiger partial charge >= 0.3 is 0 Å². The molecule has 2 heterocycles. The highest BCUT2D eigenvalue weighted by atomic mass is 16.5. The Morgan fingerprint density at radius 1 is 1.21 bits per heavy atom.